The molecule has 1 amide bonds. The van der Waals surface area contributed by atoms with E-state index in [-0.39, 0.29) is 23.5 Å². The van der Waals surface area contributed by atoms with Crippen molar-refractivity contribution in [1.82, 2.24) is 9.62 Å². The Morgan fingerprint density at radius 3 is 2.64 bits per heavy atom. The summed E-state index contributed by atoms with van der Waals surface area (Å²) >= 11 is 0. The highest BCUT2D eigenvalue weighted by Crippen LogP contribution is 2.21. The first-order valence-electron chi connectivity index (χ1n) is 9.28. The van der Waals surface area contributed by atoms with Crippen LogP contribution in [-0.2, 0) is 14.8 Å². The van der Waals surface area contributed by atoms with Gasteiger partial charge in [0.25, 0.3) is 0 Å². The number of carbonyl (C=O) groups is 1. The molecule has 25 heavy (non-hydrogen) atoms. The largest absolute Gasteiger partial charge is 0.355 e. The number of benzene rings is 1. The van der Waals surface area contributed by atoms with Crippen LogP contribution in [0.1, 0.15) is 51.0 Å². The van der Waals surface area contributed by atoms with Gasteiger partial charge in [0.15, 0.2) is 0 Å². The third-order valence-electron chi connectivity index (χ3n) is 4.90. The summed E-state index contributed by atoms with van der Waals surface area (Å²) in [6.45, 7) is 5.42. The Bertz CT molecular complexity index is 646. The van der Waals surface area contributed by atoms with Gasteiger partial charge in [-0.05, 0) is 31.2 Å². The number of sulfonamides is 1. The average Bonchev–Trinajstić information content (AvgIpc) is 2.63. The van der Waals surface area contributed by atoms with Gasteiger partial charge in [0, 0.05) is 25.6 Å². The second kappa shape index (κ2) is 9.34. The molecular weight excluding hydrogens is 336 g/mol. The molecule has 0 unspecified atom stereocenters. The first-order chi connectivity index (χ1) is 12.0. The van der Waals surface area contributed by atoms with Gasteiger partial charge in [0.2, 0.25) is 15.9 Å². The number of nitrogens with one attached hydrogen (secondary N) is 1. The maximum atomic E-state index is 12.5. The summed E-state index contributed by atoms with van der Waals surface area (Å²) < 4.78 is 26.0. The van der Waals surface area contributed by atoms with Gasteiger partial charge in [0.1, 0.15) is 0 Å². The van der Waals surface area contributed by atoms with E-state index < -0.39 is 10.0 Å². The third kappa shape index (κ3) is 5.54. The molecule has 5 nitrogen and oxygen atoms in total. The van der Waals surface area contributed by atoms with Crippen LogP contribution in [0.15, 0.2) is 30.3 Å². The van der Waals surface area contributed by atoms with Crippen LogP contribution >= 0.6 is 0 Å². The number of hydrogen-bond acceptors (Lipinski definition) is 3. The van der Waals surface area contributed by atoms with Crippen LogP contribution < -0.4 is 5.32 Å². The topological polar surface area (TPSA) is 66.5 Å². The van der Waals surface area contributed by atoms with Crippen LogP contribution in [0.4, 0.5) is 0 Å². The highest BCUT2D eigenvalue weighted by molar-refractivity contribution is 7.89. The van der Waals surface area contributed by atoms with Gasteiger partial charge in [-0.1, -0.05) is 44.2 Å². The molecule has 1 saturated heterocycles. The zero-order valence-corrected chi connectivity index (χ0v) is 16.1. The quantitative estimate of drug-likeness (QED) is 0.769. The molecule has 140 valence electrons. The lowest BCUT2D eigenvalue weighted by molar-refractivity contribution is -0.126. The van der Waals surface area contributed by atoms with E-state index in [9.17, 15) is 13.2 Å². The van der Waals surface area contributed by atoms with Crippen LogP contribution in [0.3, 0.4) is 0 Å². The Balaban J connectivity index is 1.92. The molecule has 1 heterocycles. The molecule has 2 rings (SSSR count). The van der Waals surface area contributed by atoms with Crippen molar-refractivity contribution >= 4 is 15.9 Å². The maximum Gasteiger partial charge on any atom is 0.224 e. The van der Waals surface area contributed by atoms with Crippen molar-refractivity contribution in [1.29, 1.82) is 0 Å². The number of hydrogen-bond donors (Lipinski definition) is 1. The number of carbonyl (C=O) groups excluding carboxylic acids is 1. The van der Waals surface area contributed by atoms with Crippen molar-refractivity contribution in [3.63, 3.8) is 0 Å². The van der Waals surface area contributed by atoms with Crippen molar-refractivity contribution in [2.75, 3.05) is 25.4 Å². The van der Waals surface area contributed by atoms with Gasteiger partial charge in [-0.15, -0.1) is 0 Å². The molecule has 0 radical (unpaired) electrons. The van der Waals surface area contributed by atoms with E-state index in [4.69, 9.17) is 0 Å². The van der Waals surface area contributed by atoms with E-state index in [0.29, 0.717) is 26.1 Å². The van der Waals surface area contributed by atoms with E-state index in [0.717, 1.165) is 19.3 Å². The first-order valence-corrected chi connectivity index (χ1v) is 10.9. The Labute approximate surface area is 151 Å². The maximum absolute atomic E-state index is 12.5. The van der Waals surface area contributed by atoms with E-state index in [1.54, 1.807) is 0 Å². The highest BCUT2D eigenvalue weighted by atomic mass is 32.2. The molecule has 2 atom stereocenters. The molecule has 1 N–H and O–H groups in total. The monoisotopic (exact) mass is 366 g/mol. The van der Waals surface area contributed by atoms with Crippen molar-refractivity contribution in [2.45, 2.75) is 45.4 Å². The van der Waals surface area contributed by atoms with Gasteiger partial charge in [-0.2, -0.15) is 0 Å². The lowest BCUT2D eigenvalue weighted by atomic mass is 9.95. The van der Waals surface area contributed by atoms with E-state index in [1.165, 1.54) is 9.87 Å². The van der Waals surface area contributed by atoms with Crippen LogP contribution in [0, 0.1) is 5.92 Å². The molecular formula is C19H30N2O3S. The average molecular weight is 367 g/mol. The standard InChI is InChI=1S/C19H30N2O3S/c1-3-13-25(23,24)21-12-8-11-18(15-21)19(22)20-14-16(4-2)17-9-6-5-7-10-17/h5-7,9-10,16,18H,3-4,8,11-15H2,1-2H3,(H,20,22)/t16-,18+/m1/s1. The minimum absolute atomic E-state index is 0.0224. The fraction of sp³-hybridized carbons (Fsp3) is 0.632. The van der Waals surface area contributed by atoms with Crippen LogP contribution in [0.5, 0.6) is 0 Å². The second-order valence-electron chi connectivity index (χ2n) is 6.77. The predicted octanol–water partition coefficient (Wildman–Crippen LogP) is 2.75. The predicted molar refractivity (Wildman–Crippen MR) is 101 cm³/mol. The summed E-state index contributed by atoms with van der Waals surface area (Å²) in [7, 11) is -3.23. The molecule has 0 aromatic heterocycles. The summed E-state index contributed by atoms with van der Waals surface area (Å²) in [6.07, 6.45) is 3.06. The van der Waals surface area contributed by atoms with Gasteiger partial charge in [-0.25, -0.2) is 12.7 Å². The highest BCUT2D eigenvalue weighted by Gasteiger charge is 2.31. The molecule has 6 heteroatoms. The molecule has 0 aliphatic carbocycles. The fourth-order valence-corrected chi connectivity index (χ4v) is 4.98. The number of amides is 1. The van der Waals surface area contributed by atoms with E-state index in [2.05, 4.69) is 24.4 Å². The number of rotatable bonds is 8. The lowest BCUT2D eigenvalue weighted by Gasteiger charge is -2.31. The zero-order valence-electron chi connectivity index (χ0n) is 15.3. The summed E-state index contributed by atoms with van der Waals surface area (Å²) in [5.74, 6) is 0.181. The summed E-state index contributed by atoms with van der Waals surface area (Å²) in [4.78, 5) is 12.5. The van der Waals surface area contributed by atoms with E-state index >= 15 is 0 Å². The minimum Gasteiger partial charge on any atom is -0.355 e. The third-order valence-corrected chi connectivity index (χ3v) is 6.94. The summed E-state index contributed by atoms with van der Waals surface area (Å²) in [6, 6.07) is 10.2. The Kier molecular flexibility index (Phi) is 7.44. The van der Waals surface area contributed by atoms with Crippen molar-refractivity contribution in [3.8, 4) is 0 Å². The molecule has 1 fully saturated rings. The van der Waals surface area contributed by atoms with Crippen molar-refractivity contribution in [3.05, 3.63) is 35.9 Å². The molecule has 1 aliphatic heterocycles. The molecule has 0 spiro atoms. The molecule has 1 aromatic rings. The minimum atomic E-state index is -3.23. The van der Waals surface area contributed by atoms with Crippen molar-refractivity contribution in [2.24, 2.45) is 5.92 Å². The summed E-state index contributed by atoms with van der Waals surface area (Å²) in [5.41, 5.74) is 1.22. The normalized spacial score (nSPS) is 20.2. The zero-order chi connectivity index (χ0) is 18.3. The van der Waals surface area contributed by atoms with Crippen LogP contribution in [-0.4, -0.2) is 44.0 Å². The Hall–Kier alpha value is -1.40. The van der Waals surface area contributed by atoms with E-state index in [1.807, 2.05) is 25.1 Å². The van der Waals surface area contributed by atoms with Crippen molar-refractivity contribution < 1.29 is 13.2 Å². The fourth-order valence-electron chi connectivity index (χ4n) is 3.39. The van der Waals surface area contributed by atoms with Gasteiger partial charge >= 0.3 is 0 Å². The van der Waals surface area contributed by atoms with Gasteiger partial charge in [-0.3, -0.25) is 4.79 Å². The number of nitrogens with zero attached hydrogens (tertiary/aromatic N) is 1. The number of piperidine rings is 1. The lowest BCUT2D eigenvalue weighted by Crippen LogP contribution is -2.46. The van der Waals surface area contributed by atoms with Crippen LogP contribution in [0.25, 0.3) is 0 Å². The molecule has 1 aromatic carbocycles. The van der Waals surface area contributed by atoms with Gasteiger partial charge in [0.05, 0.1) is 11.7 Å². The van der Waals surface area contributed by atoms with Crippen LogP contribution in [0.2, 0.25) is 0 Å². The van der Waals surface area contributed by atoms with Gasteiger partial charge < -0.3 is 5.32 Å². The Morgan fingerprint density at radius 1 is 1.28 bits per heavy atom. The first kappa shape index (κ1) is 19.9. The molecule has 1 aliphatic rings. The molecule has 0 bridgehead atoms. The second-order valence-corrected chi connectivity index (χ2v) is 8.86. The SMILES string of the molecule is CCCS(=O)(=O)N1CCC[C@H](C(=O)NC[C@@H](CC)c2ccccc2)C1. The summed E-state index contributed by atoms with van der Waals surface area (Å²) in [5, 5.41) is 3.05. The molecule has 0 saturated carbocycles. The smallest absolute Gasteiger partial charge is 0.224 e. The Morgan fingerprint density at radius 2 is 2.00 bits per heavy atom.